The fraction of sp³-hybridized carbons (Fsp3) is 0.368. The summed E-state index contributed by atoms with van der Waals surface area (Å²) in [5.74, 6) is -0.327. The normalized spacial score (nSPS) is 15.0. The van der Waals surface area contributed by atoms with E-state index in [1.165, 1.54) is 24.9 Å². The molecule has 0 atom stereocenters. The minimum Gasteiger partial charge on any atom is -0.467 e. The summed E-state index contributed by atoms with van der Waals surface area (Å²) in [4.78, 5) is 20.3. The van der Waals surface area contributed by atoms with Crippen molar-refractivity contribution in [3.8, 4) is 17.1 Å². The fourth-order valence-corrected chi connectivity index (χ4v) is 3.33. The molecule has 2 heterocycles. The Morgan fingerprint density at radius 2 is 1.96 bits per heavy atom. The highest BCUT2D eigenvalue weighted by Crippen LogP contribution is 2.32. The van der Waals surface area contributed by atoms with Crippen LogP contribution < -0.4 is 10.1 Å². The van der Waals surface area contributed by atoms with Gasteiger partial charge >= 0.3 is 0 Å². The average molecular weight is 370 g/mol. The summed E-state index contributed by atoms with van der Waals surface area (Å²) >= 11 is 0. The zero-order valence-electron chi connectivity index (χ0n) is 14.7. The minimum absolute atomic E-state index is 0.156. The van der Waals surface area contributed by atoms with Crippen molar-refractivity contribution in [2.75, 3.05) is 6.61 Å². The summed E-state index contributed by atoms with van der Waals surface area (Å²) in [6, 6.07) is 6.04. The maximum absolute atomic E-state index is 13.2. The Kier molecular flexibility index (Phi) is 4.95. The van der Waals surface area contributed by atoms with Crippen LogP contribution in [0.2, 0.25) is 0 Å². The maximum atomic E-state index is 13.2. The van der Waals surface area contributed by atoms with Gasteiger partial charge in [0.05, 0.1) is 0 Å². The van der Waals surface area contributed by atoms with Crippen LogP contribution in [0.3, 0.4) is 0 Å². The van der Waals surface area contributed by atoms with Crippen LogP contribution in [0.5, 0.6) is 5.88 Å². The van der Waals surface area contributed by atoms with E-state index in [4.69, 9.17) is 9.26 Å². The molecule has 0 unspecified atom stereocenters. The van der Waals surface area contributed by atoms with E-state index in [1.54, 1.807) is 12.1 Å². The van der Waals surface area contributed by atoms with Gasteiger partial charge in [0.2, 0.25) is 5.88 Å². The number of ether oxygens (including phenoxy) is 1. The van der Waals surface area contributed by atoms with Crippen molar-refractivity contribution in [2.45, 2.75) is 38.1 Å². The second-order valence-corrected chi connectivity index (χ2v) is 6.59. The molecule has 4 rings (SSSR count). The monoisotopic (exact) mass is 370 g/mol. The third-order valence-electron chi connectivity index (χ3n) is 4.67. The van der Waals surface area contributed by atoms with E-state index in [0.29, 0.717) is 16.6 Å². The molecule has 0 saturated heterocycles. The Labute approximate surface area is 154 Å². The van der Waals surface area contributed by atoms with Crippen molar-refractivity contribution in [3.05, 3.63) is 36.4 Å². The Hall–Kier alpha value is -3.03. The van der Waals surface area contributed by atoms with Gasteiger partial charge in [-0.3, -0.25) is 4.79 Å². The number of carbonyl (C=O) groups excluding carboxylic acids is 1. The summed E-state index contributed by atoms with van der Waals surface area (Å²) in [6.07, 6.45) is 6.80. The zero-order chi connectivity index (χ0) is 18.6. The topological polar surface area (TPSA) is 90.1 Å². The molecule has 7 nitrogen and oxygen atoms in total. The Balaban J connectivity index is 1.52. The zero-order valence-corrected chi connectivity index (χ0v) is 14.7. The summed E-state index contributed by atoms with van der Waals surface area (Å²) in [6.45, 7) is -0.156. The smallest absolute Gasteiger partial charge is 0.265 e. The highest BCUT2D eigenvalue weighted by molar-refractivity contribution is 5.93. The van der Waals surface area contributed by atoms with Crippen LogP contribution in [-0.4, -0.2) is 33.7 Å². The van der Waals surface area contributed by atoms with Crippen molar-refractivity contribution in [2.24, 2.45) is 0 Å². The van der Waals surface area contributed by atoms with Crippen LogP contribution in [-0.2, 0) is 4.79 Å². The van der Waals surface area contributed by atoms with Crippen molar-refractivity contribution >= 4 is 17.0 Å². The first-order chi connectivity index (χ1) is 13.2. The number of carbonyl (C=O) groups is 1. The standard InChI is InChI=1S/C19H19FN4O3/c20-13-8-6-12(7-9-13)17-16-18(21-11-22-19(16)27-24-17)26-10-15(25)23-14-4-2-1-3-5-14/h6-9,11,14H,1-5,10H2,(H,23,25). The van der Waals surface area contributed by atoms with Gasteiger partial charge in [-0.15, -0.1) is 0 Å². The fourth-order valence-electron chi connectivity index (χ4n) is 3.33. The lowest BCUT2D eigenvalue weighted by Crippen LogP contribution is -2.39. The third kappa shape index (κ3) is 3.89. The molecule has 8 heteroatoms. The van der Waals surface area contributed by atoms with Crippen LogP contribution >= 0.6 is 0 Å². The molecule has 1 aromatic carbocycles. The molecule has 27 heavy (non-hydrogen) atoms. The van der Waals surface area contributed by atoms with E-state index >= 15 is 0 Å². The number of rotatable bonds is 5. The molecule has 2 aromatic heterocycles. The molecule has 0 radical (unpaired) electrons. The average Bonchev–Trinajstić information content (AvgIpc) is 3.12. The predicted octanol–water partition coefficient (Wildman–Crippen LogP) is 3.25. The molecular formula is C19H19FN4O3. The highest BCUT2D eigenvalue weighted by Gasteiger charge is 2.20. The molecule has 1 N–H and O–H groups in total. The Bertz CT molecular complexity index is 936. The summed E-state index contributed by atoms with van der Waals surface area (Å²) in [5, 5.41) is 7.44. The van der Waals surface area contributed by atoms with E-state index in [-0.39, 0.29) is 36.0 Å². The van der Waals surface area contributed by atoms with Gasteiger partial charge in [-0.25, -0.2) is 9.37 Å². The number of aromatic nitrogens is 3. The first-order valence-corrected chi connectivity index (χ1v) is 8.99. The molecule has 0 spiro atoms. The van der Waals surface area contributed by atoms with Crippen molar-refractivity contribution in [1.29, 1.82) is 0 Å². The van der Waals surface area contributed by atoms with Gasteiger partial charge in [-0.1, -0.05) is 24.4 Å². The molecule has 0 aliphatic heterocycles. The van der Waals surface area contributed by atoms with Gasteiger partial charge < -0.3 is 14.6 Å². The van der Waals surface area contributed by atoms with Crippen LogP contribution in [0.25, 0.3) is 22.4 Å². The third-order valence-corrected chi connectivity index (χ3v) is 4.67. The highest BCUT2D eigenvalue weighted by atomic mass is 19.1. The number of nitrogens with zero attached hydrogens (tertiary/aromatic N) is 3. The maximum Gasteiger partial charge on any atom is 0.265 e. The van der Waals surface area contributed by atoms with Gasteiger partial charge in [0.1, 0.15) is 23.2 Å². The van der Waals surface area contributed by atoms with Crippen molar-refractivity contribution in [3.63, 3.8) is 0 Å². The second-order valence-electron chi connectivity index (χ2n) is 6.59. The summed E-state index contributed by atoms with van der Waals surface area (Å²) in [7, 11) is 0. The van der Waals surface area contributed by atoms with Crippen LogP contribution in [0.15, 0.2) is 35.1 Å². The van der Waals surface area contributed by atoms with Crippen LogP contribution in [0.1, 0.15) is 32.1 Å². The van der Waals surface area contributed by atoms with Crippen LogP contribution in [0, 0.1) is 5.82 Å². The van der Waals surface area contributed by atoms with E-state index in [2.05, 4.69) is 20.4 Å². The molecule has 3 aromatic rings. The SMILES string of the molecule is O=C(COc1ncnc2onc(-c3ccc(F)cc3)c12)NC1CCCCC1. The van der Waals surface area contributed by atoms with Crippen molar-refractivity contribution < 1.29 is 18.4 Å². The largest absolute Gasteiger partial charge is 0.467 e. The molecule has 1 aliphatic carbocycles. The molecule has 0 bridgehead atoms. The molecule has 1 fully saturated rings. The van der Waals surface area contributed by atoms with E-state index < -0.39 is 0 Å². The number of hydrogen-bond acceptors (Lipinski definition) is 6. The number of halogens is 1. The van der Waals surface area contributed by atoms with Gasteiger partial charge in [0, 0.05) is 11.6 Å². The lowest BCUT2D eigenvalue weighted by Gasteiger charge is -2.22. The molecular weight excluding hydrogens is 351 g/mol. The Morgan fingerprint density at radius 3 is 2.74 bits per heavy atom. The molecule has 1 aliphatic rings. The number of nitrogens with one attached hydrogen (secondary N) is 1. The second kappa shape index (κ2) is 7.69. The van der Waals surface area contributed by atoms with Gasteiger partial charge in [-0.2, -0.15) is 4.98 Å². The van der Waals surface area contributed by atoms with E-state index in [9.17, 15) is 9.18 Å². The van der Waals surface area contributed by atoms with Crippen molar-refractivity contribution in [1.82, 2.24) is 20.4 Å². The Morgan fingerprint density at radius 1 is 1.19 bits per heavy atom. The molecule has 140 valence electrons. The number of hydrogen-bond donors (Lipinski definition) is 1. The first-order valence-electron chi connectivity index (χ1n) is 8.99. The van der Waals surface area contributed by atoms with E-state index in [1.807, 2.05) is 0 Å². The molecule has 1 saturated carbocycles. The summed E-state index contributed by atoms with van der Waals surface area (Å²) in [5.41, 5.74) is 1.32. The lowest BCUT2D eigenvalue weighted by atomic mass is 9.95. The number of fused-ring (bicyclic) bond motifs is 1. The number of amides is 1. The van der Waals surface area contributed by atoms with Gasteiger partial charge in [0.15, 0.2) is 6.61 Å². The van der Waals surface area contributed by atoms with Crippen LogP contribution in [0.4, 0.5) is 4.39 Å². The van der Waals surface area contributed by atoms with Gasteiger partial charge in [0.25, 0.3) is 11.6 Å². The quantitative estimate of drug-likeness (QED) is 0.741. The van der Waals surface area contributed by atoms with Gasteiger partial charge in [-0.05, 0) is 37.1 Å². The lowest BCUT2D eigenvalue weighted by molar-refractivity contribution is -0.124. The number of benzene rings is 1. The predicted molar refractivity (Wildman–Crippen MR) is 95.5 cm³/mol. The minimum atomic E-state index is -0.348. The first kappa shape index (κ1) is 17.4. The molecule has 1 amide bonds. The van der Waals surface area contributed by atoms with E-state index in [0.717, 1.165) is 25.7 Å². The summed E-state index contributed by atoms with van der Waals surface area (Å²) < 4.78 is 24.0.